The Labute approximate surface area is 178 Å². The van der Waals surface area contributed by atoms with E-state index in [1.807, 2.05) is 12.1 Å². The molecule has 1 heterocycles. The number of rotatable bonds is 6. The molecule has 0 spiro atoms. The van der Waals surface area contributed by atoms with Crippen molar-refractivity contribution >= 4 is 50.0 Å². The Bertz CT molecular complexity index is 1310. The minimum absolute atomic E-state index is 0.0736. The second-order valence-corrected chi connectivity index (χ2v) is 8.44. The zero-order chi connectivity index (χ0) is 21.1. The summed E-state index contributed by atoms with van der Waals surface area (Å²) in [4.78, 5) is 9.08. The molecule has 3 aromatic carbocycles. The minimum atomic E-state index is -3.90. The van der Waals surface area contributed by atoms with Gasteiger partial charge in [-0.25, -0.2) is 18.4 Å². The molecule has 30 heavy (non-hydrogen) atoms. The fraction of sp³-hybridized carbons (Fsp3) is 0.0476. The van der Waals surface area contributed by atoms with Gasteiger partial charge in [0.2, 0.25) is 0 Å². The second kappa shape index (κ2) is 8.17. The van der Waals surface area contributed by atoms with Crippen LogP contribution in [0.2, 0.25) is 5.02 Å². The number of hydrogen-bond acceptors (Lipinski definition) is 6. The summed E-state index contributed by atoms with van der Waals surface area (Å²) in [6.07, 6.45) is 0. The molecule has 2 N–H and O–H groups in total. The number of halogens is 1. The average Bonchev–Trinajstić information content (AvgIpc) is 2.74. The first kappa shape index (κ1) is 19.9. The van der Waals surface area contributed by atoms with Gasteiger partial charge in [0, 0.05) is 10.7 Å². The Kier molecular flexibility index (Phi) is 5.43. The van der Waals surface area contributed by atoms with Crippen molar-refractivity contribution < 1.29 is 13.2 Å². The molecule has 0 saturated carbocycles. The van der Waals surface area contributed by atoms with E-state index in [9.17, 15) is 8.42 Å². The first-order valence-corrected chi connectivity index (χ1v) is 10.8. The molecule has 7 nitrogen and oxygen atoms in total. The normalized spacial score (nSPS) is 11.3. The first-order chi connectivity index (χ1) is 14.4. The van der Waals surface area contributed by atoms with Crippen molar-refractivity contribution in [3.8, 4) is 5.75 Å². The van der Waals surface area contributed by atoms with Crippen LogP contribution in [-0.2, 0) is 10.0 Å². The van der Waals surface area contributed by atoms with Crippen molar-refractivity contribution in [1.82, 2.24) is 9.97 Å². The highest BCUT2D eigenvalue weighted by Crippen LogP contribution is 2.28. The van der Waals surface area contributed by atoms with Crippen LogP contribution in [0.25, 0.3) is 11.0 Å². The zero-order valence-corrected chi connectivity index (χ0v) is 17.4. The monoisotopic (exact) mass is 440 g/mol. The van der Waals surface area contributed by atoms with Crippen LogP contribution in [-0.4, -0.2) is 25.5 Å². The molecule has 0 unspecified atom stereocenters. The van der Waals surface area contributed by atoms with Gasteiger partial charge in [-0.15, -0.1) is 0 Å². The maximum Gasteiger partial charge on any atom is 0.263 e. The van der Waals surface area contributed by atoms with Gasteiger partial charge in [0.05, 0.1) is 23.0 Å². The van der Waals surface area contributed by atoms with Crippen LogP contribution in [0.3, 0.4) is 0 Å². The predicted octanol–water partition coefficient (Wildman–Crippen LogP) is 4.84. The molecule has 1 aromatic heterocycles. The second-order valence-electron chi connectivity index (χ2n) is 6.33. The highest BCUT2D eigenvalue weighted by atomic mass is 35.5. The molecule has 0 amide bonds. The summed E-state index contributed by atoms with van der Waals surface area (Å²) in [5, 5.41) is 3.63. The van der Waals surface area contributed by atoms with Gasteiger partial charge in [0.1, 0.15) is 5.75 Å². The molecule has 0 radical (unpaired) electrons. The largest absolute Gasteiger partial charge is 0.497 e. The summed E-state index contributed by atoms with van der Waals surface area (Å²) < 4.78 is 33.5. The van der Waals surface area contributed by atoms with Crippen LogP contribution in [0, 0.1) is 0 Å². The molecular formula is C21H17ClN4O3S. The fourth-order valence-corrected chi connectivity index (χ4v) is 4.00. The first-order valence-electron chi connectivity index (χ1n) is 8.91. The van der Waals surface area contributed by atoms with Crippen LogP contribution in [0.1, 0.15) is 0 Å². The van der Waals surface area contributed by atoms with Crippen LogP contribution in [0.15, 0.2) is 77.7 Å². The van der Waals surface area contributed by atoms with Crippen LogP contribution in [0.4, 0.5) is 17.3 Å². The summed E-state index contributed by atoms with van der Waals surface area (Å²) in [6, 6.07) is 20.3. The Morgan fingerprint density at radius 2 is 1.53 bits per heavy atom. The summed E-state index contributed by atoms with van der Waals surface area (Å²) >= 11 is 6.06. The van der Waals surface area contributed by atoms with E-state index in [0.29, 0.717) is 27.5 Å². The van der Waals surface area contributed by atoms with Gasteiger partial charge >= 0.3 is 0 Å². The number of nitrogens with zero attached hydrogens (tertiary/aromatic N) is 2. The Balaban J connectivity index is 1.75. The van der Waals surface area contributed by atoms with Gasteiger partial charge in [-0.05, 0) is 54.6 Å². The Hall–Kier alpha value is -3.36. The number of hydrogen-bond donors (Lipinski definition) is 2. The molecule has 0 atom stereocenters. The van der Waals surface area contributed by atoms with E-state index in [2.05, 4.69) is 20.0 Å². The third kappa shape index (κ3) is 4.29. The summed E-state index contributed by atoms with van der Waals surface area (Å²) in [6.45, 7) is 0. The smallest absolute Gasteiger partial charge is 0.263 e. The average molecular weight is 441 g/mol. The van der Waals surface area contributed by atoms with Crippen molar-refractivity contribution in [2.75, 3.05) is 17.1 Å². The molecule has 0 saturated heterocycles. The lowest BCUT2D eigenvalue weighted by atomic mass is 10.3. The summed E-state index contributed by atoms with van der Waals surface area (Å²) in [5.74, 6) is 0.889. The molecular weight excluding hydrogens is 424 g/mol. The van der Waals surface area contributed by atoms with Crippen LogP contribution in [0.5, 0.6) is 5.75 Å². The lowest BCUT2D eigenvalue weighted by molar-refractivity contribution is 0.414. The van der Waals surface area contributed by atoms with E-state index in [0.717, 1.165) is 0 Å². The zero-order valence-electron chi connectivity index (χ0n) is 15.8. The number of para-hydroxylation sites is 2. The van der Waals surface area contributed by atoms with Crippen LogP contribution < -0.4 is 14.8 Å². The van der Waals surface area contributed by atoms with Gasteiger partial charge in [-0.2, -0.15) is 0 Å². The fourth-order valence-electron chi connectivity index (χ4n) is 2.80. The molecule has 152 valence electrons. The van der Waals surface area contributed by atoms with Crippen molar-refractivity contribution in [2.24, 2.45) is 0 Å². The molecule has 0 aliphatic carbocycles. The van der Waals surface area contributed by atoms with Gasteiger partial charge in [-0.3, -0.25) is 4.72 Å². The van der Waals surface area contributed by atoms with E-state index in [-0.39, 0.29) is 16.5 Å². The third-order valence-electron chi connectivity index (χ3n) is 4.26. The molecule has 0 aliphatic heterocycles. The van der Waals surface area contributed by atoms with E-state index in [1.165, 1.54) is 19.2 Å². The number of aromatic nitrogens is 2. The van der Waals surface area contributed by atoms with Crippen molar-refractivity contribution in [3.05, 3.63) is 77.8 Å². The number of anilines is 3. The van der Waals surface area contributed by atoms with E-state index in [1.54, 1.807) is 48.5 Å². The number of sulfonamides is 1. The standard InChI is InChI=1S/C21H17ClN4O3S/c1-29-16-9-11-17(12-10-16)30(27,28)26-21-20(23-15-6-4-5-14(22)13-15)24-18-7-2-3-8-19(18)25-21/h2-13H,1H3,(H,23,24)(H,25,26). The number of nitrogens with one attached hydrogen (secondary N) is 2. The third-order valence-corrected chi connectivity index (χ3v) is 5.85. The molecule has 0 bridgehead atoms. The van der Waals surface area contributed by atoms with Crippen molar-refractivity contribution in [2.45, 2.75) is 4.90 Å². The van der Waals surface area contributed by atoms with Crippen LogP contribution >= 0.6 is 11.6 Å². The van der Waals surface area contributed by atoms with E-state index in [4.69, 9.17) is 16.3 Å². The topological polar surface area (TPSA) is 93.2 Å². The molecule has 0 fully saturated rings. The Morgan fingerprint density at radius 1 is 0.867 bits per heavy atom. The lowest BCUT2D eigenvalue weighted by Gasteiger charge is -2.14. The predicted molar refractivity (Wildman–Crippen MR) is 118 cm³/mol. The van der Waals surface area contributed by atoms with Crippen molar-refractivity contribution in [3.63, 3.8) is 0 Å². The van der Waals surface area contributed by atoms with Gasteiger partial charge in [0.15, 0.2) is 11.6 Å². The van der Waals surface area contributed by atoms with Gasteiger partial charge in [-0.1, -0.05) is 29.8 Å². The molecule has 4 aromatic rings. The number of fused-ring (bicyclic) bond motifs is 1. The number of ether oxygens (including phenoxy) is 1. The highest BCUT2D eigenvalue weighted by molar-refractivity contribution is 7.92. The lowest BCUT2D eigenvalue weighted by Crippen LogP contribution is -2.16. The Morgan fingerprint density at radius 3 is 2.17 bits per heavy atom. The molecule has 0 aliphatic rings. The number of methoxy groups -OCH3 is 1. The molecule has 9 heteroatoms. The SMILES string of the molecule is COc1ccc(S(=O)(=O)Nc2nc3ccccc3nc2Nc2cccc(Cl)c2)cc1. The van der Waals surface area contributed by atoms with Gasteiger partial charge in [0.25, 0.3) is 10.0 Å². The summed E-state index contributed by atoms with van der Waals surface area (Å²) in [5.41, 5.74) is 1.83. The van der Waals surface area contributed by atoms with E-state index >= 15 is 0 Å². The highest BCUT2D eigenvalue weighted by Gasteiger charge is 2.19. The summed E-state index contributed by atoms with van der Waals surface area (Å²) in [7, 11) is -2.39. The molecule has 4 rings (SSSR count). The van der Waals surface area contributed by atoms with Crippen molar-refractivity contribution in [1.29, 1.82) is 0 Å². The van der Waals surface area contributed by atoms with E-state index < -0.39 is 10.0 Å². The quantitative estimate of drug-likeness (QED) is 0.445. The maximum atomic E-state index is 12.9. The maximum absolute atomic E-state index is 12.9. The minimum Gasteiger partial charge on any atom is -0.497 e. The van der Waals surface area contributed by atoms with Gasteiger partial charge < -0.3 is 10.1 Å². The number of benzene rings is 3.